The number of nitrogens with zero attached hydrogens (tertiary/aromatic N) is 3. The first-order valence-electron chi connectivity index (χ1n) is 7.36. The van der Waals surface area contributed by atoms with E-state index >= 15 is 0 Å². The molecule has 0 saturated carbocycles. The second kappa shape index (κ2) is 7.07. The highest BCUT2D eigenvalue weighted by atomic mass is 16.2. The normalized spacial score (nSPS) is 23.7. The zero-order valence-corrected chi connectivity index (χ0v) is 12.0. The van der Waals surface area contributed by atoms with Gasteiger partial charge in [0.05, 0.1) is 0 Å². The van der Waals surface area contributed by atoms with Crippen molar-refractivity contribution in [3.8, 4) is 0 Å². The number of rotatable bonds is 6. The van der Waals surface area contributed by atoms with Crippen LogP contribution in [-0.2, 0) is 0 Å². The van der Waals surface area contributed by atoms with Gasteiger partial charge in [-0.15, -0.1) is 0 Å². The van der Waals surface area contributed by atoms with E-state index in [9.17, 15) is 4.79 Å². The van der Waals surface area contributed by atoms with Gasteiger partial charge in [-0.25, -0.2) is 4.79 Å². The molecule has 2 fully saturated rings. The van der Waals surface area contributed by atoms with Gasteiger partial charge in [0.15, 0.2) is 0 Å². The van der Waals surface area contributed by atoms with Gasteiger partial charge in [0.2, 0.25) is 0 Å². The maximum atomic E-state index is 11.4. The number of nitrogens with one attached hydrogen (secondary N) is 1. The van der Waals surface area contributed by atoms with Crippen molar-refractivity contribution in [1.29, 1.82) is 0 Å². The average Bonchev–Trinajstić information content (AvgIpc) is 2.83. The molecule has 2 aliphatic heterocycles. The van der Waals surface area contributed by atoms with Gasteiger partial charge in [-0.2, -0.15) is 0 Å². The molecule has 2 aliphatic rings. The molecule has 2 amide bonds. The third kappa shape index (κ3) is 4.33. The Morgan fingerprint density at radius 3 is 2.42 bits per heavy atom. The highest BCUT2D eigenvalue weighted by Crippen LogP contribution is 2.06. The summed E-state index contributed by atoms with van der Waals surface area (Å²) in [6.07, 6.45) is 0. The zero-order valence-electron chi connectivity index (χ0n) is 12.0. The van der Waals surface area contributed by atoms with Crippen LogP contribution < -0.4 is 11.1 Å². The summed E-state index contributed by atoms with van der Waals surface area (Å²) in [7, 11) is 0. The van der Waals surface area contributed by atoms with E-state index in [4.69, 9.17) is 5.73 Å². The van der Waals surface area contributed by atoms with Gasteiger partial charge in [-0.05, 0) is 12.5 Å². The van der Waals surface area contributed by atoms with E-state index < -0.39 is 0 Å². The van der Waals surface area contributed by atoms with E-state index in [1.807, 2.05) is 4.90 Å². The van der Waals surface area contributed by atoms with Crippen LogP contribution in [0.15, 0.2) is 0 Å². The lowest BCUT2D eigenvalue weighted by Crippen LogP contribution is -2.49. The maximum absolute atomic E-state index is 11.4. The molecule has 110 valence electrons. The summed E-state index contributed by atoms with van der Waals surface area (Å²) in [4.78, 5) is 18.3. The van der Waals surface area contributed by atoms with Crippen LogP contribution in [0.3, 0.4) is 0 Å². The van der Waals surface area contributed by atoms with E-state index in [1.54, 1.807) is 0 Å². The van der Waals surface area contributed by atoms with Crippen LogP contribution in [0.4, 0.5) is 4.79 Å². The molecule has 2 saturated heterocycles. The molecule has 1 atom stereocenters. The number of amides is 2. The summed E-state index contributed by atoms with van der Waals surface area (Å²) < 4.78 is 0. The number of carbonyl (C=O) groups excluding carboxylic acids is 1. The quantitative estimate of drug-likeness (QED) is 0.664. The number of hydrogen-bond acceptors (Lipinski definition) is 4. The number of piperazine rings is 1. The lowest BCUT2D eigenvalue weighted by atomic mass is 10.1. The van der Waals surface area contributed by atoms with Gasteiger partial charge >= 0.3 is 6.03 Å². The minimum Gasteiger partial charge on any atom is -0.336 e. The van der Waals surface area contributed by atoms with E-state index in [0.717, 1.165) is 65.4 Å². The summed E-state index contributed by atoms with van der Waals surface area (Å²) in [5.41, 5.74) is 5.67. The van der Waals surface area contributed by atoms with Gasteiger partial charge in [-0.3, -0.25) is 4.90 Å². The Morgan fingerprint density at radius 1 is 1.16 bits per heavy atom. The summed E-state index contributed by atoms with van der Waals surface area (Å²) in [5, 5.41) is 2.84. The molecule has 2 rings (SSSR count). The Hall–Kier alpha value is -0.850. The minimum atomic E-state index is 0.0930. The lowest BCUT2D eigenvalue weighted by molar-refractivity contribution is 0.114. The van der Waals surface area contributed by atoms with Gasteiger partial charge in [0.25, 0.3) is 0 Å². The maximum Gasteiger partial charge on any atom is 0.317 e. The van der Waals surface area contributed by atoms with Crippen molar-refractivity contribution < 1.29 is 4.79 Å². The Labute approximate surface area is 115 Å². The third-order valence-electron chi connectivity index (χ3n) is 4.07. The van der Waals surface area contributed by atoms with Crippen LogP contribution >= 0.6 is 0 Å². The van der Waals surface area contributed by atoms with Crippen LogP contribution in [-0.4, -0.2) is 86.2 Å². The lowest BCUT2D eigenvalue weighted by Gasteiger charge is -2.36. The molecular formula is C13H27N5O. The first kappa shape index (κ1) is 14.6. The highest BCUT2D eigenvalue weighted by molar-refractivity contribution is 5.76. The van der Waals surface area contributed by atoms with E-state index in [0.29, 0.717) is 5.92 Å². The molecule has 0 radical (unpaired) electrons. The fraction of sp³-hybridized carbons (Fsp3) is 0.923. The van der Waals surface area contributed by atoms with Crippen molar-refractivity contribution in [3.63, 3.8) is 0 Å². The fourth-order valence-corrected chi connectivity index (χ4v) is 2.70. The summed E-state index contributed by atoms with van der Waals surface area (Å²) in [5.74, 6) is 0.583. The van der Waals surface area contributed by atoms with E-state index in [-0.39, 0.29) is 6.03 Å². The van der Waals surface area contributed by atoms with Crippen LogP contribution in [0.5, 0.6) is 0 Å². The number of hydrogen-bond donors (Lipinski definition) is 2. The zero-order chi connectivity index (χ0) is 13.7. The molecule has 19 heavy (non-hydrogen) atoms. The first-order chi connectivity index (χ1) is 9.19. The van der Waals surface area contributed by atoms with Crippen LogP contribution in [0.25, 0.3) is 0 Å². The predicted octanol–water partition coefficient (Wildman–Crippen LogP) is -0.776. The molecule has 0 aromatic heterocycles. The standard InChI is InChI=1S/C13H27N5O/c1-12(10-14)11-17-6-4-16(5-7-17)8-9-18-3-2-15-13(18)19/h12H,2-11,14H2,1H3,(H,15,19). The molecule has 2 heterocycles. The molecule has 0 bridgehead atoms. The summed E-state index contributed by atoms with van der Waals surface area (Å²) >= 11 is 0. The largest absolute Gasteiger partial charge is 0.336 e. The average molecular weight is 269 g/mol. The molecule has 0 aromatic carbocycles. The molecule has 1 unspecified atom stereocenters. The van der Waals surface area contributed by atoms with Gasteiger partial charge in [-0.1, -0.05) is 6.92 Å². The second-order valence-corrected chi connectivity index (χ2v) is 5.70. The number of carbonyl (C=O) groups is 1. The molecule has 0 aliphatic carbocycles. The van der Waals surface area contributed by atoms with Crippen molar-refractivity contribution in [3.05, 3.63) is 0 Å². The van der Waals surface area contributed by atoms with Crippen molar-refractivity contribution in [2.24, 2.45) is 11.7 Å². The summed E-state index contributed by atoms with van der Waals surface area (Å²) in [6.45, 7) is 12.0. The number of urea groups is 1. The van der Waals surface area contributed by atoms with E-state index in [2.05, 4.69) is 22.0 Å². The number of nitrogens with two attached hydrogens (primary N) is 1. The third-order valence-corrected chi connectivity index (χ3v) is 4.07. The smallest absolute Gasteiger partial charge is 0.317 e. The predicted molar refractivity (Wildman–Crippen MR) is 76.1 cm³/mol. The topological polar surface area (TPSA) is 64.8 Å². The van der Waals surface area contributed by atoms with Gasteiger partial charge in [0.1, 0.15) is 0 Å². The SMILES string of the molecule is CC(CN)CN1CCN(CCN2CCNC2=O)CC1. The first-order valence-corrected chi connectivity index (χ1v) is 7.36. The summed E-state index contributed by atoms with van der Waals surface area (Å²) in [6, 6.07) is 0.0930. The van der Waals surface area contributed by atoms with Gasteiger partial charge < -0.3 is 20.9 Å². The minimum absolute atomic E-state index is 0.0930. The van der Waals surface area contributed by atoms with Crippen molar-refractivity contribution in [2.45, 2.75) is 6.92 Å². The molecule has 3 N–H and O–H groups in total. The molecular weight excluding hydrogens is 242 g/mol. The Morgan fingerprint density at radius 2 is 1.84 bits per heavy atom. The molecule has 6 heteroatoms. The Bertz CT molecular complexity index is 291. The van der Waals surface area contributed by atoms with Crippen LogP contribution in [0, 0.1) is 5.92 Å². The van der Waals surface area contributed by atoms with E-state index in [1.165, 1.54) is 0 Å². The highest BCUT2D eigenvalue weighted by Gasteiger charge is 2.22. The fourth-order valence-electron chi connectivity index (χ4n) is 2.70. The Kier molecular flexibility index (Phi) is 5.42. The monoisotopic (exact) mass is 269 g/mol. The van der Waals surface area contributed by atoms with Crippen molar-refractivity contribution in [1.82, 2.24) is 20.0 Å². The molecule has 0 spiro atoms. The van der Waals surface area contributed by atoms with Gasteiger partial charge in [0, 0.05) is 58.9 Å². The van der Waals surface area contributed by atoms with Crippen LogP contribution in [0.1, 0.15) is 6.92 Å². The van der Waals surface area contributed by atoms with Crippen molar-refractivity contribution >= 4 is 6.03 Å². The Balaban J connectivity index is 1.62. The molecule has 6 nitrogen and oxygen atoms in total. The van der Waals surface area contributed by atoms with Crippen LogP contribution in [0.2, 0.25) is 0 Å². The van der Waals surface area contributed by atoms with Crippen molar-refractivity contribution in [2.75, 3.05) is 65.4 Å². The molecule has 0 aromatic rings. The second-order valence-electron chi connectivity index (χ2n) is 5.70.